The Balaban J connectivity index is 1.87. The number of ether oxygens (including phenoxy) is 1. The minimum absolute atomic E-state index is 0.0609. The van der Waals surface area contributed by atoms with Crippen molar-refractivity contribution in [1.29, 1.82) is 0 Å². The van der Waals surface area contributed by atoms with E-state index in [4.69, 9.17) is 4.74 Å². The average Bonchev–Trinajstić information content (AvgIpc) is 3.32. The SMILES string of the molecule is OC1[C@H]2O[C@H]2c2cc3ccc4ccccc4c3cc2[C@@H]1O. The molecule has 0 spiro atoms. The summed E-state index contributed by atoms with van der Waals surface area (Å²) in [6.07, 6.45) is -2.00. The molecule has 0 radical (unpaired) electrons. The van der Waals surface area contributed by atoms with Gasteiger partial charge in [0.05, 0.1) is 0 Å². The molecule has 3 nitrogen and oxygen atoms in total. The fraction of sp³-hybridized carbons (Fsp3) is 0.222. The van der Waals surface area contributed by atoms with Gasteiger partial charge in [0.2, 0.25) is 0 Å². The minimum Gasteiger partial charge on any atom is -0.387 e. The maximum absolute atomic E-state index is 10.3. The lowest BCUT2D eigenvalue weighted by Gasteiger charge is -2.24. The van der Waals surface area contributed by atoms with Crippen LogP contribution >= 0.6 is 0 Å². The Morgan fingerprint density at radius 1 is 0.810 bits per heavy atom. The molecule has 104 valence electrons. The van der Waals surface area contributed by atoms with Crippen LogP contribution in [0.4, 0.5) is 0 Å². The first-order valence-corrected chi connectivity index (χ1v) is 7.21. The molecule has 0 bridgehead atoms. The van der Waals surface area contributed by atoms with E-state index in [-0.39, 0.29) is 12.2 Å². The molecule has 21 heavy (non-hydrogen) atoms. The number of benzene rings is 3. The number of epoxide rings is 1. The van der Waals surface area contributed by atoms with E-state index in [0.29, 0.717) is 0 Å². The van der Waals surface area contributed by atoms with E-state index in [1.54, 1.807) is 0 Å². The summed E-state index contributed by atoms with van der Waals surface area (Å²) in [5.41, 5.74) is 1.81. The van der Waals surface area contributed by atoms with Crippen LogP contribution in [0.1, 0.15) is 23.3 Å². The minimum atomic E-state index is -0.868. The van der Waals surface area contributed by atoms with E-state index < -0.39 is 12.2 Å². The molecule has 5 rings (SSSR count). The first-order chi connectivity index (χ1) is 10.2. The van der Waals surface area contributed by atoms with Gasteiger partial charge in [0, 0.05) is 0 Å². The molecule has 2 N–H and O–H groups in total. The summed E-state index contributed by atoms with van der Waals surface area (Å²) < 4.78 is 5.51. The van der Waals surface area contributed by atoms with Crippen LogP contribution in [0.15, 0.2) is 48.5 Å². The molecule has 3 aromatic rings. The highest BCUT2D eigenvalue weighted by Gasteiger charge is 2.53. The molecule has 1 aliphatic heterocycles. The quantitative estimate of drug-likeness (QED) is 0.491. The van der Waals surface area contributed by atoms with Crippen molar-refractivity contribution in [2.24, 2.45) is 0 Å². The zero-order valence-electron chi connectivity index (χ0n) is 11.2. The monoisotopic (exact) mass is 278 g/mol. The van der Waals surface area contributed by atoms with Gasteiger partial charge in [-0.15, -0.1) is 0 Å². The smallest absolute Gasteiger partial charge is 0.118 e. The van der Waals surface area contributed by atoms with Gasteiger partial charge in [-0.1, -0.05) is 36.4 Å². The largest absolute Gasteiger partial charge is 0.387 e. The van der Waals surface area contributed by atoms with Gasteiger partial charge >= 0.3 is 0 Å². The van der Waals surface area contributed by atoms with Gasteiger partial charge in [-0.2, -0.15) is 0 Å². The van der Waals surface area contributed by atoms with E-state index in [0.717, 1.165) is 21.9 Å². The van der Waals surface area contributed by atoms with Crippen molar-refractivity contribution in [2.75, 3.05) is 0 Å². The molecule has 0 amide bonds. The van der Waals surface area contributed by atoms with Crippen LogP contribution in [-0.4, -0.2) is 22.4 Å². The number of hydrogen-bond acceptors (Lipinski definition) is 3. The van der Waals surface area contributed by atoms with Gasteiger partial charge in [0.15, 0.2) is 0 Å². The molecule has 3 heteroatoms. The summed E-state index contributed by atoms with van der Waals surface area (Å²) in [7, 11) is 0. The number of fused-ring (bicyclic) bond motifs is 6. The van der Waals surface area contributed by atoms with Crippen LogP contribution in [0.25, 0.3) is 21.5 Å². The lowest BCUT2D eigenvalue weighted by molar-refractivity contribution is 0.0000752. The Bertz CT molecular complexity index is 886. The zero-order valence-corrected chi connectivity index (χ0v) is 11.2. The first kappa shape index (κ1) is 11.7. The fourth-order valence-corrected chi connectivity index (χ4v) is 3.59. The van der Waals surface area contributed by atoms with Gasteiger partial charge in [0.25, 0.3) is 0 Å². The van der Waals surface area contributed by atoms with Crippen LogP contribution < -0.4 is 0 Å². The standard InChI is InChI=1S/C18H14O3/c19-15-13-8-12-10(6-5-9-3-1-2-4-11(9)12)7-14(13)17-18(21-17)16(15)20/h1-8,15-20H/t15-,16?,17-,18+/m0/s1. The molecule has 4 atom stereocenters. The number of aliphatic hydroxyl groups is 2. The summed E-state index contributed by atoms with van der Waals surface area (Å²) in [5.74, 6) is 0. The topological polar surface area (TPSA) is 53.0 Å². The Kier molecular flexibility index (Phi) is 2.13. The van der Waals surface area contributed by atoms with Gasteiger partial charge in [-0.3, -0.25) is 0 Å². The summed E-state index contributed by atoms with van der Waals surface area (Å²) in [5, 5.41) is 25.0. The van der Waals surface area contributed by atoms with Crippen molar-refractivity contribution in [3.8, 4) is 0 Å². The molecule has 0 saturated carbocycles. The number of aliphatic hydroxyl groups excluding tert-OH is 2. The van der Waals surface area contributed by atoms with Crippen LogP contribution in [0, 0.1) is 0 Å². The lowest BCUT2D eigenvalue weighted by Crippen LogP contribution is -2.28. The highest BCUT2D eigenvalue weighted by molar-refractivity contribution is 6.08. The molecular formula is C18H14O3. The highest BCUT2D eigenvalue weighted by Crippen LogP contribution is 2.51. The third-order valence-corrected chi connectivity index (χ3v) is 4.76. The molecule has 1 fully saturated rings. The summed E-state index contributed by atoms with van der Waals surface area (Å²) in [6, 6.07) is 16.5. The molecule has 0 aromatic heterocycles. The number of hydrogen-bond donors (Lipinski definition) is 2. The fourth-order valence-electron chi connectivity index (χ4n) is 3.59. The van der Waals surface area contributed by atoms with Crippen molar-refractivity contribution in [3.63, 3.8) is 0 Å². The zero-order chi connectivity index (χ0) is 14.1. The van der Waals surface area contributed by atoms with E-state index in [1.165, 1.54) is 10.8 Å². The van der Waals surface area contributed by atoms with Crippen molar-refractivity contribution in [1.82, 2.24) is 0 Å². The van der Waals surface area contributed by atoms with Crippen molar-refractivity contribution in [3.05, 3.63) is 59.7 Å². The third kappa shape index (κ3) is 1.48. The lowest BCUT2D eigenvalue weighted by atomic mass is 9.85. The number of rotatable bonds is 0. The van der Waals surface area contributed by atoms with Crippen LogP contribution in [0.2, 0.25) is 0 Å². The second kappa shape index (κ2) is 3.83. The summed E-state index contributed by atoms with van der Waals surface area (Å²) >= 11 is 0. The van der Waals surface area contributed by atoms with Crippen molar-refractivity contribution < 1.29 is 14.9 Å². The Hall–Kier alpha value is -1.94. The molecule has 2 aliphatic rings. The Morgan fingerprint density at radius 3 is 2.52 bits per heavy atom. The van der Waals surface area contributed by atoms with E-state index in [1.807, 2.05) is 18.2 Å². The van der Waals surface area contributed by atoms with E-state index in [2.05, 4.69) is 30.3 Å². The summed E-state index contributed by atoms with van der Waals surface area (Å²) in [6.45, 7) is 0. The van der Waals surface area contributed by atoms with Crippen LogP contribution in [0.5, 0.6) is 0 Å². The summed E-state index contributed by atoms with van der Waals surface area (Å²) in [4.78, 5) is 0. The predicted octanol–water partition coefficient (Wildman–Crippen LogP) is 2.84. The molecular weight excluding hydrogens is 264 g/mol. The second-order valence-corrected chi connectivity index (χ2v) is 5.95. The molecule has 1 heterocycles. The van der Waals surface area contributed by atoms with Gasteiger partial charge in [-0.05, 0) is 44.8 Å². The van der Waals surface area contributed by atoms with E-state index >= 15 is 0 Å². The van der Waals surface area contributed by atoms with Gasteiger partial charge in [0.1, 0.15) is 24.4 Å². The predicted molar refractivity (Wildman–Crippen MR) is 80.0 cm³/mol. The van der Waals surface area contributed by atoms with Crippen LogP contribution in [-0.2, 0) is 4.74 Å². The highest BCUT2D eigenvalue weighted by atomic mass is 16.6. The first-order valence-electron chi connectivity index (χ1n) is 7.21. The van der Waals surface area contributed by atoms with Crippen molar-refractivity contribution in [2.45, 2.75) is 24.4 Å². The van der Waals surface area contributed by atoms with Gasteiger partial charge in [-0.25, -0.2) is 0 Å². The maximum atomic E-state index is 10.3. The van der Waals surface area contributed by atoms with Gasteiger partial charge < -0.3 is 14.9 Å². The molecule has 1 saturated heterocycles. The normalized spacial score (nSPS) is 30.2. The maximum Gasteiger partial charge on any atom is 0.118 e. The Labute approximate surface area is 121 Å². The molecule has 1 unspecified atom stereocenters. The van der Waals surface area contributed by atoms with Crippen molar-refractivity contribution >= 4 is 21.5 Å². The Morgan fingerprint density at radius 2 is 1.62 bits per heavy atom. The van der Waals surface area contributed by atoms with Crippen LogP contribution in [0.3, 0.4) is 0 Å². The third-order valence-electron chi connectivity index (χ3n) is 4.76. The molecule has 1 aliphatic carbocycles. The average molecular weight is 278 g/mol. The second-order valence-electron chi connectivity index (χ2n) is 5.95. The van der Waals surface area contributed by atoms with E-state index in [9.17, 15) is 10.2 Å². The molecule has 3 aromatic carbocycles.